The van der Waals surface area contributed by atoms with Crippen LogP contribution in [0.4, 0.5) is 0 Å². The minimum Gasteiger partial charge on any atom is -0.512 e. The fraction of sp³-hybridized carbons (Fsp3) is 0.341. The summed E-state index contributed by atoms with van der Waals surface area (Å²) in [4.78, 5) is 21.2. The number of aliphatic hydroxyl groups is 1. The molecule has 0 spiro atoms. The van der Waals surface area contributed by atoms with Crippen LogP contribution in [0.25, 0.3) is 53.1 Å². The molecule has 0 amide bonds. The third-order valence-corrected chi connectivity index (χ3v) is 10.2. The Kier molecular flexibility index (Phi) is 12.1. The van der Waals surface area contributed by atoms with Crippen LogP contribution < -0.4 is 0 Å². The normalized spacial score (nSPS) is 12.1. The number of ketones is 1. The Bertz CT molecular complexity index is 2030. The number of allylic oxidation sites excluding steroid dienone is 2. The summed E-state index contributed by atoms with van der Waals surface area (Å²) in [6.45, 7) is 14.9. The minimum absolute atomic E-state index is 0. The maximum Gasteiger partial charge on any atom is 0.162 e. The van der Waals surface area contributed by atoms with Gasteiger partial charge in [-0.05, 0) is 47.9 Å². The first kappa shape index (κ1) is 36.4. The van der Waals surface area contributed by atoms with E-state index in [1.807, 2.05) is 27.7 Å². The summed E-state index contributed by atoms with van der Waals surface area (Å²) in [6.07, 6.45) is 6.61. The maximum absolute atomic E-state index is 11.7. The summed E-state index contributed by atoms with van der Waals surface area (Å²) in [5.74, 6) is 0.547. The Labute approximate surface area is 296 Å². The zero-order chi connectivity index (χ0) is 33.0. The average molecular weight is 822 g/mol. The molecule has 0 bridgehead atoms. The molecule has 2 heterocycles. The van der Waals surface area contributed by atoms with Crippen LogP contribution >= 0.6 is 11.3 Å². The molecule has 0 aliphatic rings. The van der Waals surface area contributed by atoms with E-state index < -0.39 is 0 Å². The first-order valence-corrected chi connectivity index (χ1v) is 17.4. The van der Waals surface area contributed by atoms with E-state index in [9.17, 15) is 9.90 Å². The number of rotatable bonds is 8. The van der Waals surface area contributed by atoms with Gasteiger partial charge in [-0.1, -0.05) is 108 Å². The van der Waals surface area contributed by atoms with Gasteiger partial charge < -0.3 is 5.11 Å². The molecule has 47 heavy (non-hydrogen) atoms. The van der Waals surface area contributed by atoms with Crippen molar-refractivity contribution in [2.75, 3.05) is 0 Å². The van der Waals surface area contributed by atoms with E-state index in [2.05, 4.69) is 93.6 Å². The zero-order valence-electron chi connectivity index (χ0n) is 28.5. The van der Waals surface area contributed by atoms with Gasteiger partial charge >= 0.3 is 0 Å². The second-order valence-electron chi connectivity index (χ2n) is 13.1. The topological polar surface area (TPSA) is 63.1 Å². The van der Waals surface area contributed by atoms with Crippen molar-refractivity contribution in [1.29, 1.82) is 0 Å². The van der Waals surface area contributed by atoms with Crippen molar-refractivity contribution in [3.8, 4) is 11.3 Å². The van der Waals surface area contributed by atoms with E-state index in [0.29, 0.717) is 0 Å². The molecule has 1 N–H and O–H groups in total. The van der Waals surface area contributed by atoms with Gasteiger partial charge in [-0.25, -0.2) is 4.98 Å². The Balaban J connectivity index is 0.000000269. The standard InChI is InChI=1S/C28H21N2S.C13H24O2.Ir/c1-28(2,3)22-15-19(14-18-9-5-6-10-20(18)22)25-27-26(30-16-29-25)24-21-11-7-4-8-17(21)12-13-23(24)31-27;1-5-10(6-2)12(14)9-13(15)11(7-3)8-4;/h4-13,15-16H,1-3H3;9-11,14H,5-8H2,1-4H3;/q-1;;/b;12-9-;. The van der Waals surface area contributed by atoms with Gasteiger partial charge in [-0.3, -0.25) is 9.78 Å². The van der Waals surface area contributed by atoms with Crippen molar-refractivity contribution in [3.05, 3.63) is 96.5 Å². The summed E-state index contributed by atoms with van der Waals surface area (Å²) in [5.41, 5.74) is 4.36. The van der Waals surface area contributed by atoms with Crippen LogP contribution in [0.1, 0.15) is 79.7 Å². The first-order chi connectivity index (χ1) is 22.1. The number of aromatic nitrogens is 2. The molecule has 0 saturated carbocycles. The Morgan fingerprint density at radius 3 is 2.17 bits per heavy atom. The molecule has 2 aromatic heterocycles. The molecule has 0 aliphatic heterocycles. The second-order valence-corrected chi connectivity index (χ2v) is 14.1. The van der Waals surface area contributed by atoms with Crippen molar-refractivity contribution < 1.29 is 30.0 Å². The molecule has 4 nitrogen and oxygen atoms in total. The van der Waals surface area contributed by atoms with Crippen molar-refractivity contribution in [3.63, 3.8) is 0 Å². The van der Waals surface area contributed by atoms with E-state index in [1.54, 1.807) is 17.7 Å². The summed E-state index contributed by atoms with van der Waals surface area (Å²) in [6, 6.07) is 27.4. The van der Waals surface area contributed by atoms with Crippen LogP contribution in [0, 0.1) is 17.9 Å². The Morgan fingerprint density at radius 1 is 0.872 bits per heavy atom. The van der Waals surface area contributed by atoms with Crippen LogP contribution in [-0.4, -0.2) is 20.9 Å². The monoisotopic (exact) mass is 822 g/mol. The Morgan fingerprint density at radius 2 is 1.51 bits per heavy atom. The molecule has 0 saturated heterocycles. The summed E-state index contributed by atoms with van der Waals surface area (Å²) in [7, 11) is 0. The van der Waals surface area contributed by atoms with Gasteiger partial charge in [0.05, 0.1) is 11.3 Å². The number of nitrogens with zero attached hydrogens (tertiary/aromatic N) is 2. The van der Waals surface area contributed by atoms with Gasteiger partial charge in [-0.2, -0.15) is 0 Å². The van der Waals surface area contributed by atoms with Gasteiger partial charge in [-0.15, -0.1) is 40.5 Å². The van der Waals surface area contributed by atoms with Crippen LogP contribution in [0.3, 0.4) is 0 Å². The molecular weight excluding hydrogens is 777 g/mol. The van der Waals surface area contributed by atoms with Crippen LogP contribution in [-0.2, 0) is 30.3 Å². The predicted molar refractivity (Wildman–Crippen MR) is 197 cm³/mol. The van der Waals surface area contributed by atoms with Crippen molar-refractivity contribution in [2.45, 2.75) is 79.6 Å². The average Bonchev–Trinajstić information content (AvgIpc) is 3.45. The summed E-state index contributed by atoms with van der Waals surface area (Å²) >= 11 is 1.77. The third kappa shape index (κ3) is 7.67. The van der Waals surface area contributed by atoms with Gasteiger partial charge in [0, 0.05) is 58.5 Å². The molecule has 0 aliphatic carbocycles. The molecule has 6 rings (SSSR count). The van der Waals surface area contributed by atoms with Crippen LogP contribution in [0.2, 0.25) is 0 Å². The molecule has 4 aromatic carbocycles. The molecule has 0 atom stereocenters. The first-order valence-electron chi connectivity index (χ1n) is 16.6. The van der Waals surface area contributed by atoms with E-state index >= 15 is 0 Å². The summed E-state index contributed by atoms with van der Waals surface area (Å²) in [5, 5.41) is 15.8. The number of aliphatic hydroxyl groups excluding tert-OH is 1. The van der Waals surface area contributed by atoms with Gasteiger partial charge in [0.15, 0.2) is 5.78 Å². The number of fused-ring (bicyclic) bond motifs is 6. The SMILES string of the molecule is CC(C)(C)c1cc(-c2ncnc3c2sc2ccc4ccccc4c23)[c-]c2ccccc12.CCC(CC)C(=O)/C=C(\O)C(CC)CC.[Ir]. The largest absolute Gasteiger partial charge is 0.512 e. The maximum atomic E-state index is 11.7. The second kappa shape index (κ2) is 15.6. The van der Waals surface area contributed by atoms with Crippen LogP contribution in [0.15, 0.2) is 84.9 Å². The van der Waals surface area contributed by atoms with Crippen molar-refractivity contribution in [1.82, 2.24) is 9.97 Å². The van der Waals surface area contributed by atoms with Crippen molar-refractivity contribution in [2.24, 2.45) is 11.8 Å². The van der Waals surface area contributed by atoms with E-state index in [0.717, 1.165) is 52.5 Å². The number of carbonyl (C=O) groups is 1. The zero-order valence-corrected chi connectivity index (χ0v) is 31.7. The van der Waals surface area contributed by atoms with E-state index in [-0.39, 0.29) is 48.9 Å². The Hall–Kier alpha value is -3.44. The minimum atomic E-state index is 0. The van der Waals surface area contributed by atoms with Crippen LogP contribution in [0.5, 0.6) is 0 Å². The quantitative estimate of drug-likeness (QED) is 0.0944. The fourth-order valence-corrected chi connectivity index (χ4v) is 7.46. The van der Waals surface area contributed by atoms with Gasteiger partial charge in [0.2, 0.25) is 0 Å². The molecule has 247 valence electrons. The molecule has 0 fully saturated rings. The predicted octanol–water partition coefficient (Wildman–Crippen LogP) is 11.8. The molecule has 0 unspecified atom stereocenters. The number of hydrogen-bond donors (Lipinski definition) is 1. The number of hydrogen-bond acceptors (Lipinski definition) is 5. The summed E-state index contributed by atoms with van der Waals surface area (Å²) < 4.78 is 2.37. The smallest absolute Gasteiger partial charge is 0.162 e. The van der Waals surface area contributed by atoms with E-state index in [1.165, 1.54) is 37.9 Å². The molecular formula is C41H45IrN2O2S-. The molecule has 1 radical (unpaired) electrons. The number of carbonyl (C=O) groups excluding carboxylic acids is 1. The molecule has 6 heteroatoms. The number of benzene rings is 4. The third-order valence-electron chi connectivity index (χ3n) is 9.06. The van der Waals surface area contributed by atoms with E-state index in [4.69, 9.17) is 9.97 Å². The van der Waals surface area contributed by atoms with Crippen molar-refractivity contribution >= 4 is 59.0 Å². The molecule has 6 aromatic rings. The van der Waals surface area contributed by atoms with Gasteiger partial charge in [0.25, 0.3) is 0 Å². The fourth-order valence-electron chi connectivity index (χ4n) is 6.29. The number of thiophene rings is 1. The van der Waals surface area contributed by atoms with Gasteiger partial charge in [0.1, 0.15) is 6.33 Å².